The summed E-state index contributed by atoms with van der Waals surface area (Å²) in [5.74, 6) is 1.92. The molecule has 1 aliphatic heterocycles. The first-order valence-electron chi connectivity index (χ1n) is 8.04. The summed E-state index contributed by atoms with van der Waals surface area (Å²) in [4.78, 5) is 19.5. The van der Waals surface area contributed by atoms with Crippen LogP contribution in [-0.4, -0.2) is 26.6 Å². The Kier molecular flexibility index (Phi) is 4.02. The van der Waals surface area contributed by atoms with E-state index in [1.54, 1.807) is 11.8 Å². The maximum absolute atomic E-state index is 12.9. The molecule has 4 nitrogen and oxygen atoms in total. The van der Waals surface area contributed by atoms with Crippen molar-refractivity contribution in [2.75, 3.05) is 6.26 Å². The summed E-state index contributed by atoms with van der Waals surface area (Å²) in [6.45, 7) is 1.77. The molecule has 2 heterocycles. The van der Waals surface area contributed by atoms with Gasteiger partial charge in [-0.25, -0.2) is 4.98 Å². The van der Waals surface area contributed by atoms with Crippen molar-refractivity contribution >= 4 is 28.7 Å². The normalized spacial score (nSPS) is 13.5. The van der Waals surface area contributed by atoms with Gasteiger partial charge in [0, 0.05) is 13.1 Å². The van der Waals surface area contributed by atoms with Gasteiger partial charge < -0.3 is 9.47 Å². The van der Waals surface area contributed by atoms with Gasteiger partial charge in [-0.05, 0) is 29.5 Å². The number of amides is 1. The minimum atomic E-state index is 0.150. The van der Waals surface area contributed by atoms with E-state index in [0.717, 1.165) is 22.6 Å². The van der Waals surface area contributed by atoms with Gasteiger partial charge in [0.15, 0.2) is 0 Å². The lowest BCUT2D eigenvalue weighted by molar-refractivity contribution is -0.132. The Bertz CT molecular complexity index is 878. The predicted molar refractivity (Wildman–Crippen MR) is 97.6 cm³/mol. The lowest BCUT2D eigenvalue weighted by Gasteiger charge is -2.17. The standard InChI is InChI=1S/C19H19N3OS/c1-24-13-18-20-16-8-4-5-9-17(16)22(18)12-19(23)21-10-14-6-2-3-7-15(14)11-21/h2-9H,10-13H2,1H3. The molecule has 0 spiro atoms. The average molecular weight is 337 g/mol. The molecule has 3 aromatic rings. The van der Waals surface area contributed by atoms with Crippen LogP contribution in [0.4, 0.5) is 0 Å². The molecule has 1 aliphatic rings. The number of carbonyl (C=O) groups is 1. The van der Waals surface area contributed by atoms with Gasteiger partial charge in [-0.3, -0.25) is 4.79 Å². The van der Waals surface area contributed by atoms with Crippen LogP contribution in [0.3, 0.4) is 0 Å². The molecule has 24 heavy (non-hydrogen) atoms. The van der Waals surface area contributed by atoms with Crippen molar-refractivity contribution in [1.82, 2.24) is 14.5 Å². The number of nitrogens with zero attached hydrogens (tertiary/aromatic N) is 3. The van der Waals surface area contributed by atoms with Crippen LogP contribution in [0, 0.1) is 0 Å². The first-order chi connectivity index (χ1) is 11.8. The number of fused-ring (bicyclic) bond motifs is 2. The maximum atomic E-state index is 12.9. The van der Waals surface area contributed by atoms with E-state index in [9.17, 15) is 4.79 Å². The quantitative estimate of drug-likeness (QED) is 0.732. The van der Waals surface area contributed by atoms with Crippen LogP contribution in [0.1, 0.15) is 17.0 Å². The van der Waals surface area contributed by atoms with Crippen molar-refractivity contribution in [1.29, 1.82) is 0 Å². The molecule has 0 saturated carbocycles. The number of imidazole rings is 1. The molecule has 1 aromatic heterocycles. The summed E-state index contributed by atoms with van der Waals surface area (Å²) in [6, 6.07) is 16.3. The molecule has 0 unspecified atom stereocenters. The molecule has 0 atom stereocenters. The van der Waals surface area contributed by atoms with Crippen molar-refractivity contribution in [3.8, 4) is 0 Å². The second-order valence-electron chi connectivity index (χ2n) is 6.05. The van der Waals surface area contributed by atoms with E-state index in [-0.39, 0.29) is 5.91 Å². The third kappa shape index (κ3) is 2.69. The molecule has 0 saturated heterocycles. The maximum Gasteiger partial charge on any atom is 0.243 e. The summed E-state index contributed by atoms with van der Waals surface area (Å²) in [5, 5.41) is 0. The smallest absolute Gasteiger partial charge is 0.243 e. The zero-order chi connectivity index (χ0) is 16.5. The van der Waals surface area contributed by atoms with Crippen molar-refractivity contribution in [2.45, 2.75) is 25.4 Å². The molecule has 5 heteroatoms. The van der Waals surface area contributed by atoms with Gasteiger partial charge in [0.2, 0.25) is 5.91 Å². The Balaban J connectivity index is 1.60. The van der Waals surface area contributed by atoms with Crippen LogP contribution in [0.15, 0.2) is 48.5 Å². The number of carbonyl (C=O) groups excluding carboxylic acids is 1. The Hall–Kier alpha value is -2.27. The van der Waals surface area contributed by atoms with E-state index in [1.807, 2.05) is 41.3 Å². The number of benzene rings is 2. The van der Waals surface area contributed by atoms with Gasteiger partial charge in [0.1, 0.15) is 12.4 Å². The van der Waals surface area contributed by atoms with Crippen LogP contribution in [-0.2, 0) is 30.2 Å². The first kappa shape index (κ1) is 15.3. The highest BCUT2D eigenvalue weighted by Crippen LogP contribution is 2.24. The largest absolute Gasteiger partial charge is 0.332 e. The summed E-state index contributed by atoms with van der Waals surface area (Å²) in [5.41, 5.74) is 4.50. The van der Waals surface area contributed by atoms with Gasteiger partial charge in [0.25, 0.3) is 0 Å². The lowest BCUT2D eigenvalue weighted by Crippen LogP contribution is -2.29. The molecule has 4 rings (SSSR count). The van der Waals surface area contributed by atoms with E-state index < -0.39 is 0 Å². The average Bonchev–Trinajstić information content (AvgIpc) is 3.17. The lowest BCUT2D eigenvalue weighted by atomic mass is 10.1. The van der Waals surface area contributed by atoms with Crippen LogP contribution < -0.4 is 0 Å². The fraction of sp³-hybridized carbons (Fsp3) is 0.263. The van der Waals surface area contributed by atoms with Crippen LogP contribution >= 0.6 is 11.8 Å². The molecule has 0 fully saturated rings. The topological polar surface area (TPSA) is 38.1 Å². The van der Waals surface area contributed by atoms with Gasteiger partial charge in [-0.1, -0.05) is 36.4 Å². The third-order valence-electron chi connectivity index (χ3n) is 4.49. The third-order valence-corrected chi connectivity index (χ3v) is 5.04. The fourth-order valence-corrected chi connectivity index (χ4v) is 3.76. The van der Waals surface area contributed by atoms with Crippen LogP contribution in [0.25, 0.3) is 11.0 Å². The summed E-state index contributed by atoms with van der Waals surface area (Å²) in [6.07, 6.45) is 2.06. The monoisotopic (exact) mass is 337 g/mol. The Morgan fingerprint density at radius 3 is 2.46 bits per heavy atom. The molecule has 0 N–H and O–H groups in total. The second kappa shape index (κ2) is 6.32. The van der Waals surface area contributed by atoms with Gasteiger partial charge in [0.05, 0.1) is 16.8 Å². The number of hydrogen-bond acceptors (Lipinski definition) is 3. The van der Waals surface area contributed by atoms with E-state index >= 15 is 0 Å². The molecule has 122 valence electrons. The van der Waals surface area contributed by atoms with Gasteiger partial charge in [-0.15, -0.1) is 0 Å². The Labute approximate surface area is 145 Å². The minimum absolute atomic E-state index is 0.150. The highest BCUT2D eigenvalue weighted by atomic mass is 32.2. The van der Waals surface area contributed by atoms with E-state index in [4.69, 9.17) is 4.98 Å². The van der Waals surface area contributed by atoms with Crippen molar-refractivity contribution in [2.24, 2.45) is 0 Å². The first-order valence-corrected chi connectivity index (χ1v) is 9.43. The molecule has 0 aliphatic carbocycles. The predicted octanol–water partition coefficient (Wildman–Crippen LogP) is 3.44. The SMILES string of the molecule is CSCc1nc2ccccc2n1CC(=O)N1Cc2ccccc2C1. The Morgan fingerprint density at radius 1 is 1.08 bits per heavy atom. The minimum Gasteiger partial charge on any atom is -0.332 e. The van der Waals surface area contributed by atoms with Crippen LogP contribution in [0.2, 0.25) is 0 Å². The van der Waals surface area contributed by atoms with Gasteiger partial charge >= 0.3 is 0 Å². The van der Waals surface area contributed by atoms with Gasteiger partial charge in [-0.2, -0.15) is 11.8 Å². The molecule has 0 bridgehead atoms. The number of rotatable bonds is 4. The zero-order valence-electron chi connectivity index (χ0n) is 13.6. The highest BCUT2D eigenvalue weighted by molar-refractivity contribution is 7.97. The highest BCUT2D eigenvalue weighted by Gasteiger charge is 2.24. The second-order valence-corrected chi connectivity index (χ2v) is 6.92. The molecule has 0 radical (unpaired) electrons. The summed E-state index contributed by atoms with van der Waals surface area (Å²) < 4.78 is 2.07. The number of thioether (sulfide) groups is 1. The van der Waals surface area contributed by atoms with Crippen molar-refractivity contribution < 1.29 is 4.79 Å². The molecule has 1 amide bonds. The van der Waals surface area contributed by atoms with Crippen molar-refractivity contribution in [3.63, 3.8) is 0 Å². The Morgan fingerprint density at radius 2 is 1.75 bits per heavy atom. The zero-order valence-corrected chi connectivity index (χ0v) is 14.4. The molecular formula is C19H19N3OS. The molecular weight excluding hydrogens is 318 g/mol. The summed E-state index contributed by atoms with van der Waals surface area (Å²) >= 11 is 1.73. The number of aromatic nitrogens is 2. The fourth-order valence-electron chi connectivity index (χ4n) is 3.29. The van der Waals surface area contributed by atoms with Crippen LogP contribution in [0.5, 0.6) is 0 Å². The van der Waals surface area contributed by atoms with E-state index in [1.165, 1.54) is 11.1 Å². The molecule has 2 aromatic carbocycles. The number of para-hydroxylation sites is 2. The summed E-state index contributed by atoms with van der Waals surface area (Å²) in [7, 11) is 0. The van der Waals surface area contributed by atoms with E-state index in [0.29, 0.717) is 19.6 Å². The number of hydrogen-bond donors (Lipinski definition) is 0. The van der Waals surface area contributed by atoms with Crippen molar-refractivity contribution in [3.05, 3.63) is 65.5 Å². The van der Waals surface area contributed by atoms with E-state index in [2.05, 4.69) is 23.0 Å².